The van der Waals surface area contributed by atoms with Crippen molar-refractivity contribution in [2.45, 2.75) is 31.0 Å². The molecule has 7 heteroatoms. The zero-order valence-electron chi connectivity index (χ0n) is 10.3. The lowest BCUT2D eigenvalue weighted by molar-refractivity contribution is 0.0175. The van der Waals surface area contributed by atoms with Gasteiger partial charge in [0, 0.05) is 26.2 Å². The molecule has 0 atom stereocenters. The fourth-order valence-corrected chi connectivity index (χ4v) is 2.16. The largest absolute Gasteiger partial charge is 0.381 e. The zero-order chi connectivity index (χ0) is 12.5. The fraction of sp³-hybridized carbons (Fsp3) is 0.727. The molecule has 1 amide bonds. The Morgan fingerprint density at radius 2 is 2.33 bits per heavy atom. The van der Waals surface area contributed by atoms with Gasteiger partial charge in [0.15, 0.2) is 5.69 Å². The van der Waals surface area contributed by atoms with Crippen LogP contribution in [0.1, 0.15) is 29.4 Å². The van der Waals surface area contributed by atoms with Crippen LogP contribution in [0.4, 0.5) is 0 Å². The third-order valence-electron chi connectivity index (χ3n) is 3.64. The number of amides is 1. The van der Waals surface area contributed by atoms with E-state index in [0.717, 1.165) is 25.9 Å². The Hall–Kier alpha value is -1.47. The summed E-state index contributed by atoms with van der Waals surface area (Å²) in [6, 6.07) is 0.540. The molecule has 7 nitrogen and oxygen atoms in total. The van der Waals surface area contributed by atoms with E-state index in [1.165, 1.54) is 0 Å². The van der Waals surface area contributed by atoms with Gasteiger partial charge >= 0.3 is 0 Å². The van der Waals surface area contributed by atoms with Crippen LogP contribution in [0.25, 0.3) is 0 Å². The van der Waals surface area contributed by atoms with Gasteiger partial charge in [-0.25, -0.2) is 4.68 Å². The lowest BCUT2D eigenvalue weighted by Gasteiger charge is -2.34. The maximum atomic E-state index is 11.9. The van der Waals surface area contributed by atoms with Crippen molar-refractivity contribution in [3.05, 3.63) is 11.9 Å². The molecule has 2 heterocycles. The second-order valence-electron chi connectivity index (χ2n) is 4.90. The minimum absolute atomic E-state index is 0.145. The summed E-state index contributed by atoms with van der Waals surface area (Å²) in [7, 11) is 1.70. The molecule has 1 aromatic rings. The lowest BCUT2D eigenvalue weighted by Crippen LogP contribution is -2.47. The van der Waals surface area contributed by atoms with Gasteiger partial charge in [-0.15, -0.1) is 5.10 Å². The molecule has 1 aromatic heterocycles. The van der Waals surface area contributed by atoms with E-state index >= 15 is 0 Å². The molecule has 0 bridgehead atoms. The van der Waals surface area contributed by atoms with Crippen molar-refractivity contribution in [2.75, 3.05) is 20.2 Å². The Bertz CT molecular complexity index is 436. The summed E-state index contributed by atoms with van der Waals surface area (Å²) in [5.41, 5.74) is 0.391. The van der Waals surface area contributed by atoms with Gasteiger partial charge in [-0.3, -0.25) is 4.79 Å². The molecule has 3 rings (SSSR count). The Kier molecular flexibility index (Phi) is 3.00. The van der Waals surface area contributed by atoms with Gasteiger partial charge in [-0.1, -0.05) is 5.21 Å². The molecule has 1 saturated carbocycles. The van der Waals surface area contributed by atoms with Crippen molar-refractivity contribution in [2.24, 2.45) is 0 Å². The SMILES string of the molecule is COC1CC(NC(=O)c2cn(C3CNC3)nn2)C1. The third-order valence-corrected chi connectivity index (χ3v) is 3.64. The van der Waals surface area contributed by atoms with Crippen molar-refractivity contribution in [3.8, 4) is 0 Å². The highest BCUT2D eigenvalue weighted by molar-refractivity contribution is 5.92. The van der Waals surface area contributed by atoms with Crippen LogP contribution in [0.15, 0.2) is 6.20 Å². The summed E-state index contributed by atoms with van der Waals surface area (Å²) in [5.74, 6) is -0.145. The summed E-state index contributed by atoms with van der Waals surface area (Å²) in [6.45, 7) is 1.78. The highest BCUT2D eigenvalue weighted by atomic mass is 16.5. The summed E-state index contributed by atoms with van der Waals surface area (Å²) in [4.78, 5) is 11.9. The van der Waals surface area contributed by atoms with Crippen LogP contribution in [0.3, 0.4) is 0 Å². The van der Waals surface area contributed by atoms with Crippen molar-refractivity contribution < 1.29 is 9.53 Å². The molecule has 18 heavy (non-hydrogen) atoms. The van der Waals surface area contributed by atoms with Gasteiger partial charge in [-0.2, -0.15) is 0 Å². The highest BCUT2D eigenvalue weighted by Gasteiger charge is 2.31. The molecule has 98 valence electrons. The van der Waals surface area contributed by atoms with Crippen LogP contribution in [-0.4, -0.2) is 53.2 Å². The molecule has 1 aliphatic carbocycles. The van der Waals surface area contributed by atoms with E-state index in [0.29, 0.717) is 11.7 Å². The van der Waals surface area contributed by atoms with E-state index in [2.05, 4.69) is 20.9 Å². The molecular formula is C11H17N5O2. The second kappa shape index (κ2) is 4.66. The average molecular weight is 251 g/mol. The van der Waals surface area contributed by atoms with Gasteiger partial charge in [0.2, 0.25) is 0 Å². The summed E-state index contributed by atoms with van der Waals surface area (Å²) < 4.78 is 6.93. The Morgan fingerprint density at radius 3 is 2.94 bits per heavy atom. The smallest absolute Gasteiger partial charge is 0.273 e. The number of rotatable bonds is 4. The van der Waals surface area contributed by atoms with Crippen LogP contribution in [0.2, 0.25) is 0 Å². The number of nitrogens with zero attached hydrogens (tertiary/aromatic N) is 3. The van der Waals surface area contributed by atoms with Crippen molar-refractivity contribution >= 4 is 5.91 Å². The predicted octanol–water partition coefficient (Wildman–Crippen LogP) is -0.670. The molecule has 0 spiro atoms. The van der Waals surface area contributed by atoms with Crippen LogP contribution in [0.5, 0.6) is 0 Å². The van der Waals surface area contributed by atoms with Gasteiger partial charge in [-0.05, 0) is 12.8 Å². The average Bonchev–Trinajstić information content (AvgIpc) is 2.69. The number of aromatic nitrogens is 3. The molecular weight excluding hydrogens is 234 g/mol. The number of carbonyl (C=O) groups is 1. The number of methoxy groups -OCH3 is 1. The molecule has 0 radical (unpaired) electrons. The minimum atomic E-state index is -0.145. The standard InChI is InChI=1S/C11H17N5O2/c1-18-9-2-7(3-9)13-11(17)10-6-16(15-14-10)8-4-12-5-8/h6-9,12H,2-5H2,1H3,(H,13,17). The van der Waals surface area contributed by atoms with E-state index in [-0.39, 0.29) is 18.1 Å². The number of ether oxygens (including phenoxy) is 1. The van der Waals surface area contributed by atoms with E-state index in [1.54, 1.807) is 18.0 Å². The van der Waals surface area contributed by atoms with Crippen LogP contribution in [-0.2, 0) is 4.74 Å². The van der Waals surface area contributed by atoms with Crippen LogP contribution in [0, 0.1) is 0 Å². The Balaban J connectivity index is 1.54. The van der Waals surface area contributed by atoms with E-state index in [4.69, 9.17) is 4.74 Å². The zero-order valence-corrected chi connectivity index (χ0v) is 10.3. The first-order valence-electron chi connectivity index (χ1n) is 6.22. The lowest BCUT2D eigenvalue weighted by atomic mass is 9.89. The van der Waals surface area contributed by atoms with E-state index in [9.17, 15) is 4.79 Å². The highest BCUT2D eigenvalue weighted by Crippen LogP contribution is 2.22. The molecule has 0 unspecified atom stereocenters. The summed E-state index contributed by atoms with van der Waals surface area (Å²) in [5, 5.41) is 14.0. The number of hydrogen-bond donors (Lipinski definition) is 2. The third kappa shape index (κ3) is 2.11. The number of carbonyl (C=O) groups excluding carboxylic acids is 1. The Labute approximate surface area is 105 Å². The molecule has 1 aliphatic heterocycles. The van der Waals surface area contributed by atoms with E-state index < -0.39 is 0 Å². The summed E-state index contributed by atoms with van der Waals surface area (Å²) >= 11 is 0. The van der Waals surface area contributed by atoms with Gasteiger partial charge in [0.05, 0.1) is 18.3 Å². The quantitative estimate of drug-likeness (QED) is 0.741. The molecule has 2 fully saturated rings. The Morgan fingerprint density at radius 1 is 1.56 bits per heavy atom. The van der Waals surface area contributed by atoms with Crippen molar-refractivity contribution in [1.82, 2.24) is 25.6 Å². The molecule has 2 aliphatic rings. The second-order valence-corrected chi connectivity index (χ2v) is 4.90. The molecule has 2 N–H and O–H groups in total. The maximum Gasteiger partial charge on any atom is 0.273 e. The van der Waals surface area contributed by atoms with Crippen LogP contribution < -0.4 is 10.6 Å². The van der Waals surface area contributed by atoms with E-state index in [1.807, 2.05) is 0 Å². The monoisotopic (exact) mass is 251 g/mol. The fourth-order valence-electron chi connectivity index (χ4n) is 2.16. The first-order chi connectivity index (χ1) is 8.76. The van der Waals surface area contributed by atoms with Crippen LogP contribution >= 0.6 is 0 Å². The van der Waals surface area contributed by atoms with Gasteiger partial charge in [0.1, 0.15) is 0 Å². The molecule has 1 saturated heterocycles. The first-order valence-corrected chi connectivity index (χ1v) is 6.22. The normalized spacial score (nSPS) is 27.4. The predicted molar refractivity (Wildman–Crippen MR) is 63.2 cm³/mol. The van der Waals surface area contributed by atoms with Gasteiger partial charge in [0.25, 0.3) is 5.91 Å². The van der Waals surface area contributed by atoms with Gasteiger partial charge < -0.3 is 15.4 Å². The first kappa shape index (κ1) is 11.6. The van der Waals surface area contributed by atoms with Crippen molar-refractivity contribution in [1.29, 1.82) is 0 Å². The number of nitrogens with one attached hydrogen (secondary N) is 2. The molecule has 0 aromatic carbocycles. The summed E-state index contributed by atoms with van der Waals surface area (Å²) in [6.07, 6.45) is 3.76. The maximum absolute atomic E-state index is 11.9. The number of hydrogen-bond acceptors (Lipinski definition) is 5. The van der Waals surface area contributed by atoms with Crippen molar-refractivity contribution in [3.63, 3.8) is 0 Å². The minimum Gasteiger partial charge on any atom is -0.381 e. The topological polar surface area (TPSA) is 81.1 Å².